The van der Waals surface area contributed by atoms with E-state index in [1.165, 1.54) is 0 Å². The van der Waals surface area contributed by atoms with E-state index in [0.29, 0.717) is 41.4 Å². The minimum Gasteiger partial charge on any atom is -0.489 e. The van der Waals surface area contributed by atoms with Crippen LogP contribution in [0.25, 0.3) is 0 Å². The minimum atomic E-state index is -0.0291. The molecule has 0 radical (unpaired) electrons. The van der Waals surface area contributed by atoms with Gasteiger partial charge in [0.15, 0.2) is 0 Å². The standard InChI is InChI=1S/C24H35ClN4O2/c1-5-28(15-16-29-12-6-11-26-29)23(30)19-7-8-22(21(25)17-19)31-20-9-13-27(14-10-20)18-24(2,3)4/h6-8,11-12,17,20H,5,9-10,13-16,18H2,1-4H3. The van der Waals surface area contributed by atoms with Crippen molar-refractivity contribution >= 4 is 17.5 Å². The second-order valence-electron chi connectivity index (χ2n) is 9.45. The van der Waals surface area contributed by atoms with Crippen molar-refractivity contribution in [2.24, 2.45) is 5.41 Å². The van der Waals surface area contributed by atoms with Crippen LogP contribution in [0.15, 0.2) is 36.7 Å². The summed E-state index contributed by atoms with van der Waals surface area (Å²) in [5.74, 6) is 0.630. The molecule has 0 bridgehead atoms. The smallest absolute Gasteiger partial charge is 0.253 e. The molecule has 1 aromatic carbocycles. The predicted octanol–water partition coefficient (Wildman–Crippen LogP) is 4.59. The first-order chi connectivity index (χ1) is 14.7. The van der Waals surface area contributed by atoms with E-state index in [-0.39, 0.29) is 12.0 Å². The molecule has 7 heteroatoms. The summed E-state index contributed by atoms with van der Waals surface area (Å²) in [4.78, 5) is 17.2. The molecule has 1 saturated heterocycles. The lowest BCUT2D eigenvalue weighted by atomic mass is 9.94. The second-order valence-corrected chi connectivity index (χ2v) is 9.86. The van der Waals surface area contributed by atoms with Crippen molar-refractivity contribution in [3.05, 3.63) is 47.2 Å². The quantitative estimate of drug-likeness (QED) is 0.595. The van der Waals surface area contributed by atoms with Gasteiger partial charge in [-0.05, 0) is 49.4 Å². The van der Waals surface area contributed by atoms with Crippen LogP contribution in [0.4, 0.5) is 0 Å². The van der Waals surface area contributed by atoms with Crippen molar-refractivity contribution in [3.63, 3.8) is 0 Å². The molecular formula is C24H35ClN4O2. The maximum absolute atomic E-state index is 12.9. The van der Waals surface area contributed by atoms with Gasteiger partial charge in [-0.15, -0.1) is 0 Å². The molecule has 0 aliphatic carbocycles. The van der Waals surface area contributed by atoms with E-state index in [9.17, 15) is 4.79 Å². The third-order valence-electron chi connectivity index (χ3n) is 5.53. The van der Waals surface area contributed by atoms with Gasteiger partial charge in [0.1, 0.15) is 11.9 Å². The van der Waals surface area contributed by atoms with E-state index in [2.05, 4.69) is 30.8 Å². The van der Waals surface area contributed by atoms with Gasteiger partial charge in [0.2, 0.25) is 0 Å². The van der Waals surface area contributed by atoms with Crippen molar-refractivity contribution in [1.82, 2.24) is 19.6 Å². The summed E-state index contributed by atoms with van der Waals surface area (Å²) in [5.41, 5.74) is 0.893. The molecular weight excluding hydrogens is 412 g/mol. The van der Waals surface area contributed by atoms with Crippen LogP contribution >= 0.6 is 11.6 Å². The summed E-state index contributed by atoms with van der Waals surface area (Å²) in [7, 11) is 0. The maximum atomic E-state index is 12.9. The van der Waals surface area contributed by atoms with Crippen LogP contribution in [0.3, 0.4) is 0 Å². The lowest BCUT2D eigenvalue weighted by molar-refractivity contribution is 0.0756. The molecule has 1 aromatic heterocycles. The summed E-state index contributed by atoms with van der Waals surface area (Å²) in [6.07, 6.45) is 5.78. The first kappa shape index (κ1) is 23.6. The lowest BCUT2D eigenvalue weighted by Gasteiger charge is -2.36. The first-order valence-corrected chi connectivity index (χ1v) is 11.6. The zero-order chi connectivity index (χ0) is 22.4. The molecule has 6 nitrogen and oxygen atoms in total. The second kappa shape index (κ2) is 10.5. The highest BCUT2D eigenvalue weighted by Crippen LogP contribution is 2.29. The summed E-state index contributed by atoms with van der Waals surface area (Å²) < 4.78 is 8.01. The van der Waals surface area contributed by atoms with Gasteiger partial charge in [-0.1, -0.05) is 32.4 Å². The van der Waals surface area contributed by atoms with Gasteiger partial charge in [-0.3, -0.25) is 9.48 Å². The predicted molar refractivity (Wildman–Crippen MR) is 125 cm³/mol. The largest absolute Gasteiger partial charge is 0.489 e. The molecule has 0 atom stereocenters. The molecule has 2 aromatic rings. The highest BCUT2D eigenvalue weighted by molar-refractivity contribution is 6.32. The van der Waals surface area contributed by atoms with E-state index in [0.717, 1.165) is 32.5 Å². The summed E-state index contributed by atoms with van der Waals surface area (Å²) in [6.45, 7) is 13.9. The van der Waals surface area contributed by atoms with Crippen LogP contribution in [0.2, 0.25) is 5.02 Å². The molecule has 1 fully saturated rings. The van der Waals surface area contributed by atoms with Gasteiger partial charge in [-0.2, -0.15) is 5.10 Å². The Bertz CT molecular complexity index is 840. The number of carbonyl (C=O) groups excluding carboxylic acids is 1. The fraction of sp³-hybridized carbons (Fsp3) is 0.583. The van der Waals surface area contributed by atoms with Gasteiger partial charge in [0.25, 0.3) is 5.91 Å². The first-order valence-electron chi connectivity index (χ1n) is 11.2. The Morgan fingerprint density at radius 1 is 1.29 bits per heavy atom. The van der Waals surface area contributed by atoms with Gasteiger partial charge in [0.05, 0.1) is 11.6 Å². The number of nitrogens with zero attached hydrogens (tertiary/aromatic N) is 4. The monoisotopic (exact) mass is 446 g/mol. The Hall–Kier alpha value is -2.05. The molecule has 0 unspecified atom stereocenters. The molecule has 1 aliphatic heterocycles. The molecule has 0 spiro atoms. The number of ether oxygens (including phenoxy) is 1. The third-order valence-corrected chi connectivity index (χ3v) is 5.83. The normalized spacial score (nSPS) is 15.8. The highest BCUT2D eigenvalue weighted by Gasteiger charge is 2.25. The summed E-state index contributed by atoms with van der Waals surface area (Å²) >= 11 is 6.49. The minimum absolute atomic E-state index is 0.0291. The number of hydrogen-bond donors (Lipinski definition) is 0. The number of likely N-dealkylation sites (tertiary alicyclic amines) is 1. The van der Waals surface area contributed by atoms with Crippen molar-refractivity contribution < 1.29 is 9.53 Å². The van der Waals surface area contributed by atoms with Gasteiger partial charge in [0, 0.05) is 50.7 Å². The van der Waals surface area contributed by atoms with Crippen LogP contribution in [0, 0.1) is 5.41 Å². The van der Waals surface area contributed by atoms with Crippen LogP contribution in [0.5, 0.6) is 5.75 Å². The number of halogens is 1. The molecule has 2 heterocycles. The molecule has 0 N–H and O–H groups in total. The van der Waals surface area contributed by atoms with Gasteiger partial charge >= 0.3 is 0 Å². The third kappa shape index (κ3) is 6.97. The van der Waals surface area contributed by atoms with E-state index in [4.69, 9.17) is 16.3 Å². The van der Waals surface area contributed by atoms with Crippen molar-refractivity contribution in [3.8, 4) is 5.75 Å². The average molecular weight is 447 g/mol. The number of likely N-dealkylation sites (N-methyl/N-ethyl adjacent to an activating group) is 1. The van der Waals surface area contributed by atoms with Crippen LogP contribution in [-0.4, -0.2) is 64.3 Å². The number of piperidine rings is 1. The Kier molecular flexibility index (Phi) is 8.00. The van der Waals surface area contributed by atoms with Crippen molar-refractivity contribution in [2.75, 3.05) is 32.7 Å². The van der Waals surface area contributed by atoms with Gasteiger partial charge in [-0.25, -0.2) is 0 Å². The van der Waals surface area contributed by atoms with Crippen molar-refractivity contribution in [1.29, 1.82) is 0 Å². The number of aromatic nitrogens is 2. The molecule has 0 saturated carbocycles. The van der Waals surface area contributed by atoms with E-state index >= 15 is 0 Å². The Morgan fingerprint density at radius 3 is 2.61 bits per heavy atom. The molecule has 3 rings (SSSR count). The topological polar surface area (TPSA) is 50.6 Å². The van der Waals surface area contributed by atoms with Crippen molar-refractivity contribution in [2.45, 2.75) is 53.2 Å². The fourth-order valence-electron chi connectivity index (χ4n) is 4.01. The number of benzene rings is 1. The average Bonchev–Trinajstić information content (AvgIpc) is 3.24. The van der Waals surface area contributed by atoms with E-state index in [1.807, 2.05) is 36.0 Å². The molecule has 31 heavy (non-hydrogen) atoms. The van der Waals surface area contributed by atoms with E-state index < -0.39 is 0 Å². The fourth-order valence-corrected chi connectivity index (χ4v) is 4.23. The zero-order valence-electron chi connectivity index (χ0n) is 19.2. The lowest BCUT2D eigenvalue weighted by Crippen LogP contribution is -2.42. The number of rotatable bonds is 8. The summed E-state index contributed by atoms with van der Waals surface area (Å²) in [5, 5.41) is 4.69. The van der Waals surface area contributed by atoms with E-state index in [1.54, 1.807) is 17.2 Å². The number of amides is 1. The highest BCUT2D eigenvalue weighted by atomic mass is 35.5. The Balaban J connectivity index is 1.55. The summed E-state index contributed by atoms with van der Waals surface area (Å²) in [6, 6.07) is 7.25. The molecule has 1 amide bonds. The Labute approximate surface area is 191 Å². The van der Waals surface area contributed by atoms with Crippen LogP contribution in [0.1, 0.15) is 50.9 Å². The number of carbonyl (C=O) groups is 1. The molecule has 1 aliphatic rings. The number of hydrogen-bond acceptors (Lipinski definition) is 4. The maximum Gasteiger partial charge on any atom is 0.253 e. The van der Waals surface area contributed by atoms with Crippen LogP contribution < -0.4 is 4.74 Å². The molecule has 170 valence electrons. The Morgan fingerprint density at radius 2 is 2.03 bits per heavy atom. The van der Waals surface area contributed by atoms with Gasteiger partial charge < -0.3 is 14.5 Å². The zero-order valence-corrected chi connectivity index (χ0v) is 19.9. The van der Waals surface area contributed by atoms with Crippen LogP contribution in [-0.2, 0) is 6.54 Å². The SMILES string of the molecule is CCN(CCn1cccn1)C(=O)c1ccc(OC2CCN(CC(C)(C)C)CC2)c(Cl)c1.